The van der Waals surface area contributed by atoms with E-state index in [1.54, 1.807) is 48.0 Å². The maximum Gasteiger partial charge on any atom is 0.274 e. The molecule has 3 heterocycles. The molecule has 0 spiro atoms. The summed E-state index contributed by atoms with van der Waals surface area (Å²) >= 11 is 5.90. The molecule has 27 heavy (non-hydrogen) atoms. The summed E-state index contributed by atoms with van der Waals surface area (Å²) in [7, 11) is 0. The van der Waals surface area contributed by atoms with Crippen molar-refractivity contribution in [2.45, 2.75) is 13.5 Å². The second-order valence-electron chi connectivity index (χ2n) is 5.82. The Bertz CT molecular complexity index is 1080. The van der Waals surface area contributed by atoms with E-state index in [0.29, 0.717) is 34.0 Å². The number of hydrogen-bond acceptors (Lipinski definition) is 6. The molecule has 136 valence electrons. The smallest absolute Gasteiger partial charge is 0.274 e. The van der Waals surface area contributed by atoms with Crippen LogP contribution in [0.4, 0.5) is 5.82 Å². The van der Waals surface area contributed by atoms with Crippen LogP contribution in [0.25, 0.3) is 23.0 Å². The second-order valence-corrected chi connectivity index (χ2v) is 6.26. The highest BCUT2D eigenvalue weighted by Crippen LogP contribution is 2.24. The molecule has 0 aliphatic rings. The largest absolute Gasteiger partial charge is 0.360 e. The van der Waals surface area contributed by atoms with Crippen LogP contribution >= 0.6 is 11.6 Å². The number of amides is 1. The van der Waals surface area contributed by atoms with Crippen LogP contribution in [0.2, 0.25) is 5.02 Å². The summed E-state index contributed by atoms with van der Waals surface area (Å²) < 4.78 is 12.0. The summed E-state index contributed by atoms with van der Waals surface area (Å²) in [5, 5.41) is 11.0. The molecule has 3 aromatic heterocycles. The lowest BCUT2D eigenvalue weighted by molar-refractivity contribution is -0.116. The molecule has 0 aliphatic heterocycles. The average molecular weight is 384 g/mol. The number of carbonyl (C=O) groups is 1. The molecule has 8 nitrogen and oxygen atoms in total. The van der Waals surface area contributed by atoms with E-state index in [1.807, 2.05) is 12.1 Å². The molecule has 0 radical (unpaired) electrons. The zero-order valence-electron chi connectivity index (χ0n) is 14.2. The van der Waals surface area contributed by atoms with Gasteiger partial charge >= 0.3 is 0 Å². The Kier molecular flexibility index (Phi) is 4.47. The van der Waals surface area contributed by atoms with E-state index in [1.165, 1.54) is 0 Å². The van der Waals surface area contributed by atoms with Crippen LogP contribution in [0, 0.1) is 6.92 Å². The van der Waals surface area contributed by atoms with E-state index >= 15 is 0 Å². The van der Waals surface area contributed by atoms with Crippen molar-refractivity contribution in [2.24, 2.45) is 0 Å². The summed E-state index contributed by atoms with van der Waals surface area (Å²) in [5.74, 6) is 1.49. The number of aromatic nitrogens is 4. The highest BCUT2D eigenvalue weighted by atomic mass is 35.5. The van der Waals surface area contributed by atoms with Crippen molar-refractivity contribution in [3.05, 3.63) is 59.4 Å². The molecular weight excluding hydrogens is 370 g/mol. The summed E-state index contributed by atoms with van der Waals surface area (Å²) in [6.07, 6.45) is 1.76. The number of rotatable bonds is 5. The first-order chi connectivity index (χ1) is 13.1. The molecule has 4 rings (SSSR count). The minimum Gasteiger partial charge on any atom is -0.360 e. The van der Waals surface area contributed by atoms with Gasteiger partial charge in [-0.1, -0.05) is 21.9 Å². The zero-order valence-corrected chi connectivity index (χ0v) is 15.0. The van der Waals surface area contributed by atoms with Crippen LogP contribution in [0.5, 0.6) is 0 Å². The van der Waals surface area contributed by atoms with Gasteiger partial charge in [0.05, 0.1) is 0 Å². The van der Waals surface area contributed by atoms with Crippen LogP contribution in [-0.2, 0) is 11.3 Å². The number of aryl methyl sites for hydroxylation is 1. The minimum atomic E-state index is -0.252. The van der Waals surface area contributed by atoms with E-state index in [2.05, 4.69) is 20.6 Å². The van der Waals surface area contributed by atoms with E-state index in [0.717, 1.165) is 5.56 Å². The Balaban J connectivity index is 1.52. The molecule has 9 heteroatoms. The van der Waals surface area contributed by atoms with Gasteiger partial charge in [0, 0.05) is 22.8 Å². The third-order valence-corrected chi connectivity index (χ3v) is 4.04. The first kappa shape index (κ1) is 17.0. The fraction of sp³-hybridized carbons (Fsp3) is 0.111. The molecule has 4 aromatic rings. The van der Waals surface area contributed by atoms with Crippen LogP contribution in [-0.4, -0.2) is 25.8 Å². The van der Waals surface area contributed by atoms with Crippen LogP contribution < -0.4 is 5.32 Å². The molecule has 0 bridgehead atoms. The lowest BCUT2D eigenvalue weighted by atomic mass is 10.2. The number of anilines is 1. The summed E-state index contributed by atoms with van der Waals surface area (Å²) in [4.78, 5) is 16.6. The van der Waals surface area contributed by atoms with Crippen molar-refractivity contribution >= 4 is 23.3 Å². The van der Waals surface area contributed by atoms with Gasteiger partial charge < -0.3 is 18.9 Å². The van der Waals surface area contributed by atoms with E-state index < -0.39 is 0 Å². The van der Waals surface area contributed by atoms with E-state index in [4.69, 9.17) is 20.6 Å². The molecule has 0 saturated carbocycles. The number of benzene rings is 1. The van der Waals surface area contributed by atoms with Crippen LogP contribution in [0.15, 0.2) is 57.7 Å². The highest BCUT2D eigenvalue weighted by Gasteiger charge is 2.16. The summed E-state index contributed by atoms with van der Waals surface area (Å²) in [5.41, 5.74) is 1.42. The van der Waals surface area contributed by atoms with Gasteiger partial charge in [0.2, 0.25) is 11.7 Å². The Labute approximate surface area is 158 Å². The molecule has 0 saturated heterocycles. The predicted molar refractivity (Wildman–Crippen MR) is 98.0 cm³/mol. The van der Waals surface area contributed by atoms with Crippen molar-refractivity contribution in [1.29, 1.82) is 0 Å². The van der Waals surface area contributed by atoms with Gasteiger partial charge in [-0.05, 0) is 43.3 Å². The Morgan fingerprint density at radius 2 is 2.00 bits per heavy atom. The molecule has 0 atom stereocenters. The minimum absolute atomic E-state index is 0.0624. The number of hydrogen-bond donors (Lipinski definition) is 1. The third kappa shape index (κ3) is 3.75. The maximum atomic E-state index is 12.2. The second kappa shape index (κ2) is 7.08. The van der Waals surface area contributed by atoms with E-state index in [-0.39, 0.29) is 12.5 Å². The molecular formula is C18H14ClN5O3. The van der Waals surface area contributed by atoms with Crippen molar-refractivity contribution in [3.8, 4) is 23.0 Å². The lowest BCUT2D eigenvalue weighted by Gasteiger charge is -2.05. The fourth-order valence-electron chi connectivity index (χ4n) is 2.55. The van der Waals surface area contributed by atoms with Gasteiger partial charge in [0.25, 0.3) is 5.89 Å². The van der Waals surface area contributed by atoms with Gasteiger partial charge in [0.1, 0.15) is 18.0 Å². The third-order valence-electron chi connectivity index (χ3n) is 3.79. The first-order valence-corrected chi connectivity index (χ1v) is 8.44. The van der Waals surface area contributed by atoms with Crippen LogP contribution in [0.3, 0.4) is 0 Å². The molecule has 1 aromatic carbocycles. The molecule has 1 amide bonds. The summed E-state index contributed by atoms with van der Waals surface area (Å²) in [6, 6.07) is 12.4. The highest BCUT2D eigenvalue weighted by molar-refractivity contribution is 6.30. The standard InChI is InChI=1S/C18H14ClN5O3/c1-11-9-15(22-26-11)20-16(25)10-24-8-2-3-14(24)18-21-17(23-27-18)12-4-6-13(19)7-5-12/h2-9H,10H2,1H3,(H,20,22,25). The maximum absolute atomic E-state index is 12.2. The SMILES string of the molecule is Cc1cc(NC(=O)Cn2cccc2-c2nc(-c3ccc(Cl)cc3)no2)no1. The fourth-order valence-corrected chi connectivity index (χ4v) is 2.68. The average Bonchev–Trinajstić information content (AvgIpc) is 3.37. The molecule has 0 aliphatic carbocycles. The zero-order chi connectivity index (χ0) is 18.8. The number of carbonyl (C=O) groups excluding carboxylic acids is 1. The van der Waals surface area contributed by atoms with Gasteiger partial charge in [-0.2, -0.15) is 4.98 Å². The predicted octanol–water partition coefficient (Wildman–Crippen LogP) is 3.79. The van der Waals surface area contributed by atoms with Gasteiger partial charge in [-0.15, -0.1) is 0 Å². The van der Waals surface area contributed by atoms with Gasteiger partial charge in [-0.25, -0.2) is 0 Å². The monoisotopic (exact) mass is 383 g/mol. The summed E-state index contributed by atoms with van der Waals surface area (Å²) in [6.45, 7) is 1.81. The van der Waals surface area contributed by atoms with Crippen LogP contribution in [0.1, 0.15) is 5.76 Å². The van der Waals surface area contributed by atoms with Crippen molar-refractivity contribution in [3.63, 3.8) is 0 Å². The molecule has 1 N–H and O–H groups in total. The van der Waals surface area contributed by atoms with Crippen molar-refractivity contribution in [2.75, 3.05) is 5.32 Å². The molecule has 0 unspecified atom stereocenters. The number of nitrogens with zero attached hydrogens (tertiary/aromatic N) is 4. The number of nitrogens with one attached hydrogen (secondary N) is 1. The Morgan fingerprint density at radius 1 is 1.19 bits per heavy atom. The van der Waals surface area contributed by atoms with E-state index in [9.17, 15) is 4.79 Å². The van der Waals surface area contributed by atoms with Gasteiger partial charge in [-0.3, -0.25) is 4.79 Å². The number of halogens is 1. The Morgan fingerprint density at radius 3 is 2.74 bits per heavy atom. The van der Waals surface area contributed by atoms with Crippen molar-refractivity contribution in [1.82, 2.24) is 19.9 Å². The van der Waals surface area contributed by atoms with Crippen molar-refractivity contribution < 1.29 is 13.8 Å². The topological polar surface area (TPSA) is 99.0 Å². The first-order valence-electron chi connectivity index (χ1n) is 8.07. The lowest BCUT2D eigenvalue weighted by Crippen LogP contribution is -2.19. The Hall–Kier alpha value is -3.39. The van der Waals surface area contributed by atoms with Gasteiger partial charge in [0.15, 0.2) is 5.82 Å². The normalized spacial score (nSPS) is 10.9. The quantitative estimate of drug-likeness (QED) is 0.562. The molecule has 0 fully saturated rings.